The van der Waals surface area contributed by atoms with Gasteiger partial charge in [0, 0.05) is 18.8 Å². The summed E-state index contributed by atoms with van der Waals surface area (Å²) in [7, 11) is -8.21. The minimum atomic E-state index is -4.13. The van der Waals surface area contributed by atoms with Crippen LogP contribution in [0.3, 0.4) is 0 Å². The summed E-state index contributed by atoms with van der Waals surface area (Å²) in [6.07, 6.45) is -1.18. The number of aryl methyl sites for hydroxylation is 2. The molecule has 0 unspecified atom stereocenters. The summed E-state index contributed by atoms with van der Waals surface area (Å²) < 4.78 is 60.6. The predicted octanol–water partition coefficient (Wildman–Crippen LogP) is 5.46. The van der Waals surface area contributed by atoms with Gasteiger partial charge in [0.2, 0.25) is 35.5 Å². The molecule has 0 aliphatic carbocycles. The maximum atomic E-state index is 14.9. The summed E-state index contributed by atoms with van der Waals surface area (Å²) in [5, 5.41) is 23.5. The molecule has 5 amide bonds. The molecule has 0 aliphatic heterocycles. The molecule has 5 atom stereocenters. The van der Waals surface area contributed by atoms with Gasteiger partial charge >= 0.3 is 12.1 Å². The highest BCUT2D eigenvalue weighted by Crippen LogP contribution is 2.48. The molecule has 474 valence electrons. The van der Waals surface area contributed by atoms with Crippen LogP contribution in [0.25, 0.3) is 0 Å². The number of guanidine groups is 2. The van der Waals surface area contributed by atoms with Crippen molar-refractivity contribution in [1.29, 1.82) is 0 Å². The minimum Gasteiger partial charge on any atom is -0.480 e. The smallest absolute Gasteiger partial charge is 0.408 e. The van der Waals surface area contributed by atoms with Crippen molar-refractivity contribution >= 4 is 79.4 Å². The van der Waals surface area contributed by atoms with E-state index in [1.54, 1.807) is 58.9 Å². The van der Waals surface area contributed by atoms with Gasteiger partial charge in [-0.2, -0.15) is 0 Å². The number of carboxylic acids is 1. The number of sulfonamides is 2. The van der Waals surface area contributed by atoms with Crippen LogP contribution in [-0.4, -0.2) is 124 Å². The molecule has 0 saturated carbocycles. The lowest BCUT2D eigenvalue weighted by Gasteiger charge is -2.36. The predicted molar refractivity (Wildman–Crippen MR) is 340 cm³/mol. The molecule has 5 rings (SSSR count). The first-order valence-electron chi connectivity index (χ1n) is 28.5. The topological polar surface area (TPSA) is 361 Å². The Morgan fingerprint density at radius 3 is 1.33 bits per heavy atom. The molecular formula is C62H81N11O12S3. The van der Waals surface area contributed by atoms with Crippen LogP contribution in [0.5, 0.6) is 0 Å². The Bertz CT molecular complexity index is 3350. The lowest BCUT2D eigenvalue weighted by molar-refractivity contribution is -0.142. The van der Waals surface area contributed by atoms with Gasteiger partial charge in [-0.05, 0) is 121 Å². The molecule has 0 bridgehead atoms. The summed E-state index contributed by atoms with van der Waals surface area (Å²) in [5.74, 6) is -5.99. The van der Waals surface area contributed by atoms with Crippen molar-refractivity contribution in [3.8, 4) is 0 Å². The first kappa shape index (κ1) is 70.3. The van der Waals surface area contributed by atoms with Crippen LogP contribution in [0.2, 0.25) is 0 Å². The number of carbonyl (C=O) groups is 6. The number of alkyl carbamates (subject to hydrolysis) is 1. The summed E-state index contributed by atoms with van der Waals surface area (Å²) in [6.45, 7) is 13.3. The number of nitrogens with two attached hydrogens (primary N) is 2. The number of amides is 5. The Morgan fingerprint density at radius 2 is 0.920 bits per heavy atom. The Morgan fingerprint density at radius 1 is 0.534 bits per heavy atom. The molecule has 5 aromatic carbocycles. The molecule has 26 heteroatoms. The quantitative estimate of drug-likeness (QED) is 0.0118. The molecule has 0 heterocycles. The SMILES string of the molecule is Cc1ccc(S(=O)(=O)NC(N)=NCCC[C@H](NC(=O)[C@H](CCCN=C(N)NS(=O)(=O)c2ccc(C)cc2)NC(=O)[C@H](C)NC(=O)[C@H](CSC(c2ccccc2)(c2ccccc2)c2ccccc2)NC(=O)[C@H](CC(C)C)NC(=O)OC(C)(C)C)C(=O)O)cc1. The number of nitrogens with zero attached hydrogens (tertiary/aromatic N) is 2. The summed E-state index contributed by atoms with van der Waals surface area (Å²) >= 11 is 1.35. The van der Waals surface area contributed by atoms with E-state index in [2.05, 4.69) is 46.0 Å². The molecule has 0 aliphatic rings. The third-order valence-corrected chi connectivity index (χ3v) is 17.7. The molecule has 0 radical (unpaired) electrons. The monoisotopic (exact) mass is 1270 g/mol. The average molecular weight is 1270 g/mol. The second kappa shape index (κ2) is 32.5. The highest BCUT2D eigenvalue weighted by molar-refractivity contribution is 8.00. The number of rotatable bonds is 30. The van der Waals surface area contributed by atoms with Crippen molar-refractivity contribution in [3.63, 3.8) is 0 Å². The Labute approximate surface area is 519 Å². The number of carboxylic acid groups (broad SMARTS) is 1. The molecule has 0 saturated heterocycles. The first-order valence-corrected chi connectivity index (χ1v) is 32.5. The molecule has 0 fully saturated rings. The van der Waals surface area contributed by atoms with Gasteiger partial charge in [-0.3, -0.25) is 29.2 Å². The van der Waals surface area contributed by atoms with Crippen LogP contribution in [-0.2, 0) is 53.5 Å². The number of aliphatic imine (C=N–C) groups is 2. The van der Waals surface area contributed by atoms with E-state index in [0.29, 0.717) is 0 Å². The number of hydrogen-bond acceptors (Lipinski definition) is 14. The van der Waals surface area contributed by atoms with Crippen molar-refractivity contribution < 1.29 is 55.4 Å². The Kier molecular flexibility index (Phi) is 25.9. The fraction of sp³-hybridized carbons (Fsp3) is 0.387. The van der Waals surface area contributed by atoms with E-state index in [4.69, 9.17) is 16.2 Å². The molecule has 12 N–H and O–H groups in total. The van der Waals surface area contributed by atoms with Gasteiger partial charge in [0.25, 0.3) is 20.0 Å². The minimum absolute atomic E-state index is 0.00871. The van der Waals surface area contributed by atoms with Crippen LogP contribution in [0.1, 0.15) is 101 Å². The standard InChI is InChI=1S/C62H81N11O12S3/c1-40(2)38-51(71-60(80)85-61(6,7)8)55(76)70-52(39-86-62(44-20-12-9-13-21-44,45-22-14-10-15-23-45)46-24-16-11-17-25-46)56(77)67-43(5)53(74)68-49(26-18-36-65-58(63)72-87(81,82)47-32-28-41(3)29-33-47)54(75)69-50(57(78)79)27-19-37-66-59(64)73-88(83,84)48-34-30-42(4)31-35-48/h9-17,20-25,28-35,40,43,49-52H,18-19,26-27,36-39H2,1-8H3,(H,67,77)(H,68,74)(H,69,75)(H,70,76)(H,71,80)(H,78,79)(H3,63,65,72)(H3,64,66,73)/t43-,49-,50-,51-,52-/m0/s1. The zero-order valence-corrected chi connectivity index (χ0v) is 53.1. The van der Waals surface area contributed by atoms with Crippen LogP contribution >= 0.6 is 11.8 Å². The average Bonchev–Trinajstić information content (AvgIpc) is 1.51. The van der Waals surface area contributed by atoms with E-state index in [1.165, 1.54) is 43.0 Å². The molecule has 0 spiro atoms. The van der Waals surface area contributed by atoms with Crippen molar-refractivity contribution in [2.24, 2.45) is 27.4 Å². The molecular weight excluding hydrogens is 1190 g/mol. The normalized spacial score (nSPS) is 14.0. The van der Waals surface area contributed by atoms with Crippen molar-refractivity contribution in [2.45, 2.75) is 138 Å². The van der Waals surface area contributed by atoms with Gasteiger partial charge < -0.3 is 47.9 Å². The van der Waals surface area contributed by atoms with Crippen LogP contribution in [0.15, 0.2) is 159 Å². The highest BCUT2D eigenvalue weighted by Gasteiger charge is 2.40. The molecule has 23 nitrogen and oxygen atoms in total. The fourth-order valence-electron chi connectivity index (χ4n) is 8.94. The van der Waals surface area contributed by atoms with E-state index in [1.807, 2.05) is 105 Å². The van der Waals surface area contributed by atoms with E-state index >= 15 is 0 Å². The molecule has 0 aromatic heterocycles. The van der Waals surface area contributed by atoms with E-state index in [9.17, 15) is 50.7 Å². The Balaban J connectivity index is 1.42. The van der Waals surface area contributed by atoms with Crippen molar-refractivity contribution in [2.75, 3.05) is 18.8 Å². The van der Waals surface area contributed by atoms with E-state index in [0.717, 1.165) is 27.8 Å². The number of thioether (sulfide) groups is 1. The van der Waals surface area contributed by atoms with E-state index < -0.39 is 108 Å². The van der Waals surface area contributed by atoms with Gasteiger partial charge in [-0.25, -0.2) is 35.9 Å². The second-order valence-corrected chi connectivity index (χ2v) is 26.9. The number of hydrogen-bond donors (Lipinski definition) is 10. The zero-order chi connectivity index (χ0) is 64.8. The molecule has 88 heavy (non-hydrogen) atoms. The van der Waals surface area contributed by atoms with E-state index in [-0.39, 0.29) is 66.7 Å². The lowest BCUT2D eigenvalue weighted by atomic mass is 9.84. The number of carbonyl (C=O) groups excluding carboxylic acids is 5. The first-order chi connectivity index (χ1) is 41.5. The van der Waals surface area contributed by atoms with Gasteiger partial charge in [-0.1, -0.05) is 140 Å². The lowest BCUT2D eigenvalue weighted by Crippen LogP contribution is -2.59. The van der Waals surface area contributed by atoms with Crippen molar-refractivity contribution in [3.05, 3.63) is 167 Å². The van der Waals surface area contributed by atoms with Gasteiger partial charge in [0.1, 0.15) is 35.8 Å². The van der Waals surface area contributed by atoms with Gasteiger partial charge in [0.15, 0.2) is 0 Å². The highest BCUT2D eigenvalue weighted by atomic mass is 32.2. The summed E-state index contributed by atoms with van der Waals surface area (Å²) in [6, 6.07) is 33.8. The fourth-order valence-corrected chi connectivity index (χ4v) is 12.4. The van der Waals surface area contributed by atoms with Crippen LogP contribution in [0.4, 0.5) is 4.79 Å². The number of aliphatic carboxylic acids is 1. The number of nitrogens with one attached hydrogen (secondary N) is 7. The number of benzene rings is 5. The summed E-state index contributed by atoms with van der Waals surface area (Å²) in [5.41, 5.74) is 15.2. The van der Waals surface area contributed by atoms with Crippen LogP contribution in [0, 0.1) is 19.8 Å². The Hall–Kier alpha value is -8.49. The van der Waals surface area contributed by atoms with Gasteiger partial charge in [-0.15, -0.1) is 11.8 Å². The maximum absolute atomic E-state index is 14.9. The third kappa shape index (κ3) is 21.7. The molecule has 5 aromatic rings. The van der Waals surface area contributed by atoms with Gasteiger partial charge in [0.05, 0.1) is 14.5 Å². The van der Waals surface area contributed by atoms with Crippen molar-refractivity contribution in [1.82, 2.24) is 36.0 Å². The second-order valence-electron chi connectivity index (χ2n) is 22.3. The largest absolute Gasteiger partial charge is 0.480 e. The number of ether oxygens (including phenoxy) is 1. The van der Waals surface area contributed by atoms with Crippen LogP contribution < -0.4 is 47.5 Å². The third-order valence-electron chi connectivity index (χ3n) is 13.4. The maximum Gasteiger partial charge on any atom is 0.408 e. The zero-order valence-electron chi connectivity index (χ0n) is 50.6. The summed E-state index contributed by atoms with van der Waals surface area (Å²) in [4.78, 5) is 91.8.